The van der Waals surface area contributed by atoms with Crippen molar-refractivity contribution in [3.8, 4) is 0 Å². The van der Waals surface area contributed by atoms with Crippen LogP contribution in [0, 0.1) is 16.0 Å². The van der Waals surface area contributed by atoms with E-state index in [-0.39, 0.29) is 17.5 Å². The zero-order valence-electron chi connectivity index (χ0n) is 9.22. The average molecular weight is 238 g/mol. The van der Waals surface area contributed by atoms with Crippen LogP contribution in [0.5, 0.6) is 0 Å². The fraction of sp³-hybridized carbons (Fsp3) is 0.556. The molecule has 1 aromatic heterocycles. The van der Waals surface area contributed by atoms with Crippen LogP contribution in [0.4, 0.5) is 17.5 Å². The topological polar surface area (TPSA) is 119 Å². The molecule has 1 fully saturated rings. The third-order valence-corrected chi connectivity index (χ3v) is 2.64. The molecule has 0 radical (unpaired) electrons. The lowest BCUT2D eigenvalue weighted by Crippen LogP contribution is -2.13. The van der Waals surface area contributed by atoms with Gasteiger partial charge in [0.25, 0.3) is 0 Å². The van der Waals surface area contributed by atoms with Gasteiger partial charge in [0.1, 0.15) is 6.20 Å². The average Bonchev–Trinajstić information content (AvgIpc) is 3.12. The number of nitro groups is 1. The normalized spacial score (nSPS) is 14.4. The minimum Gasteiger partial charge on any atom is -0.364 e. The monoisotopic (exact) mass is 238 g/mol. The SMILES string of the molecule is NNc1ncc([N+](=O)[O-])c(NCCC2CC2)n1. The highest BCUT2D eigenvalue weighted by Crippen LogP contribution is 2.32. The summed E-state index contributed by atoms with van der Waals surface area (Å²) in [6, 6.07) is 0. The highest BCUT2D eigenvalue weighted by atomic mass is 16.6. The maximum atomic E-state index is 10.8. The van der Waals surface area contributed by atoms with Crippen molar-refractivity contribution in [2.75, 3.05) is 17.3 Å². The number of nitrogens with two attached hydrogens (primary N) is 1. The maximum absolute atomic E-state index is 10.8. The second-order valence-corrected chi connectivity index (χ2v) is 3.99. The Morgan fingerprint density at radius 2 is 2.35 bits per heavy atom. The molecule has 0 saturated heterocycles. The Balaban J connectivity index is 2.06. The number of nitrogen functional groups attached to an aromatic ring is 1. The molecule has 4 N–H and O–H groups in total. The Hall–Kier alpha value is -1.96. The molecule has 8 nitrogen and oxygen atoms in total. The number of nitrogens with zero attached hydrogens (tertiary/aromatic N) is 3. The van der Waals surface area contributed by atoms with Crippen LogP contribution in [0.1, 0.15) is 19.3 Å². The Kier molecular flexibility index (Phi) is 3.33. The van der Waals surface area contributed by atoms with Gasteiger partial charge in [-0.3, -0.25) is 15.5 Å². The fourth-order valence-electron chi connectivity index (χ4n) is 1.51. The molecular weight excluding hydrogens is 224 g/mol. The third-order valence-electron chi connectivity index (χ3n) is 2.64. The van der Waals surface area contributed by atoms with Crippen LogP contribution < -0.4 is 16.6 Å². The lowest BCUT2D eigenvalue weighted by Gasteiger charge is -2.06. The lowest BCUT2D eigenvalue weighted by molar-refractivity contribution is -0.384. The number of hydrogen-bond donors (Lipinski definition) is 3. The van der Waals surface area contributed by atoms with E-state index in [2.05, 4.69) is 20.7 Å². The molecule has 8 heteroatoms. The van der Waals surface area contributed by atoms with Crippen LogP contribution >= 0.6 is 0 Å². The van der Waals surface area contributed by atoms with E-state index in [9.17, 15) is 10.1 Å². The summed E-state index contributed by atoms with van der Waals surface area (Å²) in [5.41, 5.74) is 2.12. The predicted octanol–water partition coefficient (Wildman–Crippen LogP) is 0.882. The first-order valence-electron chi connectivity index (χ1n) is 5.42. The summed E-state index contributed by atoms with van der Waals surface area (Å²) in [7, 11) is 0. The number of anilines is 2. The smallest absolute Gasteiger partial charge is 0.329 e. The molecule has 0 spiro atoms. The van der Waals surface area contributed by atoms with Crippen LogP contribution in [-0.4, -0.2) is 21.4 Å². The second-order valence-electron chi connectivity index (χ2n) is 3.99. The van der Waals surface area contributed by atoms with Gasteiger partial charge in [-0.1, -0.05) is 12.8 Å². The van der Waals surface area contributed by atoms with E-state index in [1.165, 1.54) is 12.8 Å². The van der Waals surface area contributed by atoms with E-state index in [0.717, 1.165) is 18.5 Å². The van der Waals surface area contributed by atoms with Crippen molar-refractivity contribution in [2.45, 2.75) is 19.3 Å². The molecule has 0 aromatic carbocycles. The van der Waals surface area contributed by atoms with Gasteiger partial charge in [-0.15, -0.1) is 0 Å². The zero-order chi connectivity index (χ0) is 12.3. The number of hydrogen-bond acceptors (Lipinski definition) is 7. The summed E-state index contributed by atoms with van der Waals surface area (Å²) in [5, 5.41) is 13.7. The van der Waals surface area contributed by atoms with Gasteiger partial charge in [0.05, 0.1) is 4.92 Å². The standard InChI is InChI=1S/C9H14N6O2/c10-14-9-12-5-7(15(16)17)8(13-9)11-4-3-6-1-2-6/h5-6H,1-4,10H2,(H2,11,12,13,14). The first-order chi connectivity index (χ1) is 8.20. The molecule has 1 heterocycles. The molecule has 92 valence electrons. The van der Waals surface area contributed by atoms with E-state index in [4.69, 9.17) is 5.84 Å². The zero-order valence-corrected chi connectivity index (χ0v) is 9.22. The van der Waals surface area contributed by atoms with Crippen LogP contribution in [0.15, 0.2) is 6.20 Å². The van der Waals surface area contributed by atoms with Crippen LogP contribution in [0.25, 0.3) is 0 Å². The van der Waals surface area contributed by atoms with Crippen molar-refractivity contribution in [2.24, 2.45) is 11.8 Å². The number of hydrazine groups is 1. The number of nitrogens with one attached hydrogen (secondary N) is 2. The molecule has 0 amide bonds. The highest BCUT2D eigenvalue weighted by Gasteiger charge is 2.22. The second kappa shape index (κ2) is 4.91. The van der Waals surface area contributed by atoms with Crippen LogP contribution in [0.2, 0.25) is 0 Å². The van der Waals surface area contributed by atoms with Gasteiger partial charge >= 0.3 is 5.69 Å². The predicted molar refractivity (Wildman–Crippen MR) is 62.3 cm³/mol. The van der Waals surface area contributed by atoms with E-state index >= 15 is 0 Å². The number of rotatable bonds is 6. The lowest BCUT2D eigenvalue weighted by atomic mass is 10.3. The first-order valence-corrected chi connectivity index (χ1v) is 5.42. The van der Waals surface area contributed by atoms with Crippen molar-refractivity contribution in [1.29, 1.82) is 0 Å². The fourth-order valence-corrected chi connectivity index (χ4v) is 1.51. The van der Waals surface area contributed by atoms with Crippen molar-refractivity contribution < 1.29 is 4.92 Å². The molecule has 0 atom stereocenters. The summed E-state index contributed by atoms with van der Waals surface area (Å²) < 4.78 is 0. The third kappa shape index (κ3) is 3.00. The molecule has 0 aliphatic heterocycles. The summed E-state index contributed by atoms with van der Waals surface area (Å²) in [5.74, 6) is 6.28. The largest absolute Gasteiger partial charge is 0.364 e. The Morgan fingerprint density at radius 1 is 1.59 bits per heavy atom. The minimum atomic E-state index is -0.514. The Labute approximate surface area is 97.8 Å². The molecule has 1 aliphatic rings. The quantitative estimate of drug-likeness (QED) is 0.382. The Morgan fingerprint density at radius 3 is 2.94 bits per heavy atom. The molecular formula is C9H14N6O2. The van der Waals surface area contributed by atoms with Gasteiger partial charge in [0.15, 0.2) is 0 Å². The number of aromatic nitrogens is 2. The van der Waals surface area contributed by atoms with E-state index in [0.29, 0.717) is 6.54 Å². The van der Waals surface area contributed by atoms with Crippen molar-refractivity contribution in [1.82, 2.24) is 9.97 Å². The molecule has 0 unspecified atom stereocenters. The summed E-state index contributed by atoms with van der Waals surface area (Å²) in [6.07, 6.45) is 4.65. The Bertz CT molecular complexity index is 420. The van der Waals surface area contributed by atoms with Crippen molar-refractivity contribution in [3.63, 3.8) is 0 Å². The molecule has 1 saturated carbocycles. The molecule has 2 rings (SSSR count). The van der Waals surface area contributed by atoms with Gasteiger partial charge in [-0.05, 0) is 12.3 Å². The molecule has 1 aromatic rings. The molecule has 0 bridgehead atoms. The van der Waals surface area contributed by atoms with E-state index < -0.39 is 4.92 Å². The molecule has 1 aliphatic carbocycles. The van der Waals surface area contributed by atoms with Crippen molar-refractivity contribution in [3.05, 3.63) is 16.3 Å². The van der Waals surface area contributed by atoms with Gasteiger partial charge in [0.2, 0.25) is 11.8 Å². The van der Waals surface area contributed by atoms with Crippen LogP contribution in [-0.2, 0) is 0 Å². The van der Waals surface area contributed by atoms with Crippen molar-refractivity contribution >= 4 is 17.5 Å². The summed E-state index contributed by atoms with van der Waals surface area (Å²) >= 11 is 0. The first kappa shape index (κ1) is 11.5. The van der Waals surface area contributed by atoms with Crippen LogP contribution in [0.3, 0.4) is 0 Å². The van der Waals surface area contributed by atoms with Gasteiger partial charge in [-0.2, -0.15) is 4.98 Å². The van der Waals surface area contributed by atoms with Gasteiger partial charge in [-0.25, -0.2) is 10.8 Å². The van der Waals surface area contributed by atoms with E-state index in [1.807, 2.05) is 0 Å². The highest BCUT2D eigenvalue weighted by molar-refractivity contribution is 5.56. The van der Waals surface area contributed by atoms with Gasteiger partial charge < -0.3 is 5.32 Å². The summed E-state index contributed by atoms with van der Waals surface area (Å²) in [4.78, 5) is 17.9. The van der Waals surface area contributed by atoms with E-state index in [1.54, 1.807) is 0 Å². The minimum absolute atomic E-state index is 0.139. The van der Waals surface area contributed by atoms with Gasteiger partial charge in [0, 0.05) is 6.54 Å². The maximum Gasteiger partial charge on any atom is 0.329 e. The molecule has 17 heavy (non-hydrogen) atoms. The summed E-state index contributed by atoms with van der Waals surface area (Å²) in [6.45, 7) is 0.673.